The summed E-state index contributed by atoms with van der Waals surface area (Å²) in [6, 6.07) is 22.1. The normalized spacial score (nSPS) is 14.7. The zero-order chi connectivity index (χ0) is 24.3. The Hall–Kier alpha value is -3.20. The van der Waals surface area contributed by atoms with Gasteiger partial charge < -0.3 is 20.3 Å². The fourth-order valence-corrected chi connectivity index (χ4v) is 5.34. The minimum absolute atomic E-state index is 0.0173. The zero-order valence-corrected chi connectivity index (χ0v) is 19.5. The molecule has 1 amide bonds. The molecule has 0 spiro atoms. The van der Waals surface area contributed by atoms with E-state index < -0.39 is 28.1 Å². The summed E-state index contributed by atoms with van der Waals surface area (Å²) >= 11 is 0. The van der Waals surface area contributed by atoms with Gasteiger partial charge in [0.05, 0.1) is 11.0 Å². The fraction of sp³-hybridized carbons (Fsp3) is 0.269. The fourth-order valence-electron chi connectivity index (χ4n) is 4.40. The summed E-state index contributed by atoms with van der Waals surface area (Å²) in [6.07, 6.45) is -2.24. The highest BCUT2D eigenvalue weighted by molar-refractivity contribution is 7.90. The van der Waals surface area contributed by atoms with Gasteiger partial charge in [-0.15, -0.1) is 0 Å². The first-order valence-corrected chi connectivity index (χ1v) is 12.9. The first kappa shape index (κ1) is 23.9. The van der Waals surface area contributed by atoms with Crippen molar-refractivity contribution in [3.63, 3.8) is 0 Å². The standard InChI is InChI=1S/C26H27NO6S/c1-34(31,32)24-13-7-6-12-21(24)25(29)23(28)14-15-27-26(30)33-16-22-19-10-4-2-8-17(19)18-9-3-5-11-20(18)22/h2-13,22-23,25,28-29H,14-16H2,1H3,(H,27,30). The summed E-state index contributed by atoms with van der Waals surface area (Å²) in [5.41, 5.74) is 4.62. The SMILES string of the molecule is CS(=O)(=O)c1ccccc1C(O)C(O)CCNC(=O)OCC1c2ccccc2-c2ccccc21. The van der Waals surface area contributed by atoms with Crippen molar-refractivity contribution in [2.75, 3.05) is 19.4 Å². The smallest absolute Gasteiger partial charge is 0.407 e. The second-order valence-corrected chi connectivity index (χ2v) is 10.3. The topological polar surface area (TPSA) is 113 Å². The molecule has 0 fully saturated rings. The molecule has 3 aromatic carbocycles. The van der Waals surface area contributed by atoms with Gasteiger partial charge in [-0.2, -0.15) is 0 Å². The third kappa shape index (κ3) is 4.99. The maximum Gasteiger partial charge on any atom is 0.407 e. The van der Waals surface area contributed by atoms with Crippen LogP contribution in [0.5, 0.6) is 0 Å². The number of hydrogen-bond acceptors (Lipinski definition) is 6. The highest BCUT2D eigenvalue weighted by Gasteiger charge is 2.29. The third-order valence-corrected chi connectivity index (χ3v) is 7.23. The molecule has 34 heavy (non-hydrogen) atoms. The van der Waals surface area contributed by atoms with Crippen molar-refractivity contribution in [3.8, 4) is 11.1 Å². The average Bonchev–Trinajstić information content (AvgIpc) is 3.15. The minimum Gasteiger partial charge on any atom is -0.449 e. The Morgan fingerprint density at radius 3 is 2.12 bits per heavy atom. The van der Waals surface area contributed by atoms with Crippen LogP contribution in [0.15, 0.2) is 77.7 Å². The van der Waals surface area contributed by atoms with Gasteiger partial charge in [-0.1, -0.05) is 66.7 Å². The predicted octanol–water partition coefficient (Wildman–Crippen LogP) is 3.41. The monoisotopic (exact) mass is 481 g/mol. The van der Waals surface area contributed by atoms with Crippen molar-refractivity contribution in [1.82, 2.24) is 5.32 Å². The molecule has 0 bridgehead atoms. The second kappa shape index (κ2) is 9.97. The lowest BCUT2D eigenvalue weighted by atomic mass is 9.98. The van der Waals surface area contributed by atoms with Crippen LogP contribution in [-0.2, 0) is 14.6 Å². The quantitative estimate of drug-likeness (QED) is 0.455. The number of aliphatic hydroxyl groups is 2. The molecule has 0 saturated carbocycles. The predicted molar refractivity (Wildman–Crippen MR) is 128 cm³/mol. The number of nitrogens with one attached hydrogen (secondary N) is 1. The third-order valence-electron chi connectivity index (χ3n) is 6.05. The Bertz CT molecular complexity index is 1240. The van der Waals surface area contributed by atoms with Crippen molar-refractivity contribution in [2.24, 2.45) is 0 Å². The van der Waals surface area contributed by atoms with Crippen molar-refractivity contribution >= 4 is 15.9 Å². The van der Waals surface area contributed by atoms with Crippen LogP contribution >= 0.6 is 0 Å². The maximum atomic E-state index is 12.3. The van der Waals surface area contributed by atoms with Crippen LogP contribution in [0.4, 0.5) is 4.79 Å². The van der Waals surface area contributed by atoms with Gasteiger partial charge in [-0.25, -0.2) is 13.2 Å². The van der Waals surface area contributed by atoms with E-state index in [1.807, 2.05) is 36.4 Å². The molecular weight excluding hydrogens is 454 g/mol. The van der Waals surface area contributed by atoms with Crippen LogP contribution in [0, 0.1) is 0 Å². The number of rotatable bonds is 8. The van der Waals surface area contributed by atoms with E-state index in [-0.39, 0.29) is 35.9 Å². The molecule has 2 unspecified atom stereocenters. The van der Waals surface area contributed by atoms with E-state index >= 15 is 0 Å². The Balaban J connectivity index is 1.31. The number of sulfone groups is 1. The molecule has 8 heteroatoms. The van der Waals surface area contributed by atoms with Crippen molar-refractivity contribution in [3.05, 3.63) is 89.5 Å². The molecule has 1 aliphatic rings. The van der Waals surface area contributed by atoms with Gasteiger partial charge in [0.15, 0.2) is 9.84 Å². The second-order valence-electron chi connectivity index (χ2n) is 8.36. The number of aliphatic hydroxyl groups excluding tert-OH is 2. The van der Waals surface area contributed by atoms with E-state index in [1.165, 1.54) is 12.1 Å². The lowest BCUT2D eigenvalue weighted by molar-refractivity contribution is 0.0121. The lowest BCUT2D eigenvalue weighted by Crippen LogP contribution is -2.31. The van der Waals surface area contributed by atoms with E-state index in [0.717, 1.165) is 28.5 Å². The summed E-state index contributed by atoms with van der Waals surface area (Å²) in [5, 5.41) is 23.4. The molecule has 3 aromatic rings. The largest absolute Gasteiger partial charge is 0.449 e. The molecule has 1 aliphatic carbocycles. The number of carbonyl (C=O) groups is 1. The molecule has 0 saturated heterocycles. The molecule has 0 heterocycles. The molecule has 0 radical (unpaired) electrons. The molecule has 178 valence electrons. The highest BCUT2D eigenvalue weighted by Crippen LogP contribution is 2.44. The molecule has 3 N–H and O–H groups in total. The van der Waals surface area contributed by atoms with Crippen LogP contribution in [0.25, 0.3) is 11.1 Å². The van der Waals surface area contributed by atoms with E-state index in [9.17, 15) is 23.4 Å². The number of fused-ring (bicyclic) bond motifs is 3. The molecule has 0 aromatic heterocycles. The van der Waals surface area contributed by atoms with Gasteiger partial charge in [0.1, 0.15) is 12.7 Å². The van der Waals surface area contributed by atoms with Crippen LogP contribution in [0.3, 0.4) is 0 Å². The lowest BCUT2D eigenvalue weighted by Gasteiger charge is -2.20. The van der Waals surface area contributed by atoms with Crippen molar-refractivity contribution < 1.29 is 28.2 Å². The molecular formula is C26H27NO6S. The Kier molecular flexibility index (Phi) is 7.02. The van der Waals surface area contributed by atoms with E-state index in [1.54, 1.807) is 12.1 Å². The molecule has 4 rings (SSSR count). The molecule has 7 nitrogen and oxygen atoms in total. The van der Waals surface area contributed by atoms with Crippen molar-refractivity contribution in [2.45, 2.75) is 29.4 Å². The Labute approximate surface area is 198 Å². The van der Waals surface area contributed by atoms with E-state index in [2.05, 4.69) is 17.4 Å². The number of benzene rings is 3. The van der Waals surface area contributed by atoms with Gasteiger partial charge in [0, 0.05) is 24.3 Å². The van der Waals surface area contributed by atoms with Gasteiger partial charge in [0.2, 0.25) is 0 Å². The highest BCUT2D eigenvalue weighted by atomic mass is 32.2. The summed E-state index contributed by atoms with van der Waals surface area (Å²) in [4.78, 5) is 12.2. The van der Waals surface area contributed by atoms with Crippen LogP contribution in [0.2, 0.25) is 0 Å². The summed E-state index contributed by atoms with van der Waals surface area (Å²) in [7, 11) is -3.56. The summed E-state index contributed by atoms with van der Waals surface area (Å²) in [5.74, 6) is -0.0574. The van der Waals surface area contributed by atoms with E-state index in [4.69, 9.17) is 4.74 Å². The summed E-state index contributed by atoms with van der Waals surface area (Å²) < 4.78 is 29.4. The zero-order valence-electron chi connectivity index (χ0n) is 18.7. The van der Waals surface area contributed by atoms with Gasteiger partial charge in [-0.05, 0) is 34.7 Å². The van der Waals surface area contributed by atoms with Crippen molar-refractivity contribution in [1.29, 1.82) is 0 Å². The van der Waals surface area contributed by atoms with Gasteiger partial charge in [0.25, 0.3) is 0 Å². The number of amides is 1. The first-order chi connectivity index (χ1) is 16.3. The minimum atomic E-state index is -3.56. The van der Waals surface area contributed by atoms with Gasteiger partial charge >= 0.3 is 6.09 Å². The van der Waals surface area contributed by atoms with Crippen LogP contribution in [0.1, 0.15) is 35.1 Å². The first-order valence-electron chi connectivity index (χ1n) is 11.0. The maximum absolute atomic E-state index is 12.3. The van der Waals surface area contributed by atoms with E-state index in [0.29, 0.717) is 0 Å². The number of hydrogen-bond donors (Lipinski definition) is 3. The van der Waals surface area contributed by atoms with Crippen LogP contribution < -0.4 is 5.32 Å². The van der Waals surface area contributed by atoms with Gasteiger partial charge in [-0.3, -0.25) is 0 Å². The number of ether oxygens (including phenoxy) is 1. The van der Waals surface area contributed by atoms with Crippen LogP contribution in [-0.4, -0.2) is 50.2 Å². The number of carbonyl (C=O) groups excluding carboxylic acids is 1. The Morgan fingerprint density at radius 2 is 1.50 bits per heavy atom. The molecule has 0 aliphatic heterocycles. The number of alkyl carbamates (subject to hydrolysis) is 1. The average molecular weight is 482 g/mol. The summed E-state index contributed by atoms with van der Waals surface area (Å²) in [6.45, 7) is 0.225. The molecule has 2 atom stereocenters. The Morgan fingerprint density at radius 1 is 0.941 bits per heavy atom.